The van der Waals surface area contributed by atoms with E-state index in [0.29, 0.717) is 10.7 Å². The molecule has 1 aromatic rings. The van der Waals surface area contributed by atoms with Crippen LogP contribution in [0.5, 0.6) is 0 Å². The Hall–Kier alpha value is -0.820. The lowest BCUT2D eigenvalue weighted by atomic mass is 10.3. The molecule has 90 valence electrons. The molecule has 8 heteroatoms. The van der Waals surface area contributed by atoms with Crippen molar-refractivity contribution in [2.75, 3.05) is 5.32 Å². The highest BCUT2D eigenvalue weighted by Crippen LogP contribution is 2.19. The molecular weight excluding hydrogens is 277 g/mol. The van der Waals surface area contributed by atoms with Crippen LogP contribution in [-0.2, 0) is 14.1 Å². The van der Waals surface area contributed by atoms with Gasteiger partial charge in [-0.15, -0.1) is 0 Å². The quantitative estimate of drug-likeness (QED) is 0.613. The maximum atomic E-state index is 10.6. The molecule has 0 bridgehead atoms. The minimum Gasteiger partial charge on any atom is -0.325 e. The summed E-state index contributed by atoms with van der Waals surface area (Å²) in [5, 5.41) is 3.16. The average molecular weight is 286 g/mol. The first kappa shape index (κ1) is 15.2. The Labute approximate surface area is 103 Å². The van der Waals surface area contributed by atoms with Gasteiger partial charge in [-0.05, 0) is 12.1 Å². The van der Waals surface area contributed by atoms with E-state index in [1.165, 1.54) is 6.92 Å². The second-order valence-electron chi connectivity index (χ2n) is 2.57. The second kappa shape index (κ2) is 6.70. The van der Waals surface area contributed by atoms with Crippen LogP contribution in [0.2, 0.25) is 5.02 Å². The van der Waals surface area contributed by atoms with Gasteiger partial charge in [-0.25, -0.2) is 0 Å². The van der Waals surface area contributed by atoms with Crippen LogP contribution in [0.3, 0.4) is 0 Å². The molecule has 0 aliphatic carbocycles. The number of nitrogens with one attached hydrogen (secondary N) is 1. The van der Waals surface area contributed by atoms with Gasteiger partial charge in [0.25, 0.3) is 0 Å². The SMILES string of the molecule is CC(=O)Nc1ccccc1Cl.O=S(=O)(O)Cl. The van der Waals surface area contributed by atoms with Crippen molar-refractivity contribution in [1.29, 1.82) is 0 Å². The Morgan fingerprint density at radius 3 is 2.19 bits per heavy atom. The normalized spacial score (nSPS) is 10.0. The zero-order chi connectivity index (χ0) is 12.8. The summed E-state index contributed by atoms with van der Waals surface area (Å²) in [7, 11) is -0.137. The third kappa shape index (κ3) is 9.72. The van der Waals surface area contributed by atoms with E-state index in [2.05, 4.69) is 16.0 Å². The molecule has 1 rings (SSSR count). The lowest BCUT2D eigenvalue weighted by Crippen LogP contribution is -2.05. The van der Waals surface area contributed by atoms with E-state index in [9.17, 15) is 4.79 Å². The maximum Gasteiger partial charge on any atom is 0.353 e. The summed E-state index contributed by atoms with van der Waals surface area (Å²) in [6, 6.07) is 7.11. The molecule has 0 aromatic heterocycles. The first-order valence-electron chi connectivity index (χ1n) is 3.89. The third-order valence-corrected chi connectivity index (χ3v) is 1.51. The van der Waals surface area contributed by atoms with Gasteiger partial charge in [-0.2, -0.15) is 8.42 Å². The first-order chi connectivity index (χ1) is 7.20. The molecule has 0 saturated heterocycles. The van der Waals surface area contributed by atoms with E-state index in [1.807, 2.05) is 12.1 Å². The van der Waals surface area contributed by atoms with Crippen LogP contribution in [0.15, 0.2) is 24.3 Å². The number of rotatable bonds is 1. The maximum absolute atomic E-state index is 10.6. The minimum absolute atomic E-state index is 0.113. The summed E-state index contributed by atoms with van der Waals surface area (Å²) in [4.78, 5) is 10.6. The standard InChI is InChI=1S/C8H8ClNO.ClHO3S/c1-6(11)10-8-5-3-2-4-7(8)9;1-5(2,3)4/h2-5H,1H3,(H,10,11);(H,2,3,4). The summed E-state index contributed by atoms with van der Waals surface area (Å²) in [5.74, 6) is -0.113. The van der Waals surface area contributed by atoms with Crippen LogP contribution in [0.4, 0.5) is 5.69 Å². The van der Waals surface area contributed by atoms with Crippen LogP contribution in [0, 0.1) is 0 Å². The molecule has 1 amide bonds. The summed E-state index contributed by atoms with van der Waals surface area (Å²) in [6.07, 6.45) is 0. The molecule has 2 N–H and O–H groups in total. The van der Waals surface area contributed by atoms with Crippen molar-refractivity contribution in [2.24, 2.45) is 0 Å². The van der Waals surface area contributed by atoms with Crippen LogP contribution >= 0.6 is 22.3 Å². The second-order valence-corrected chi connectivity index (χ2v) is 4.97. The highest BCUT2D eigenvalue weighted by atomic mass is 35.7. The van der Waals surface area contributed by atoms with Crippen molar-refractivity contribution in [3.63, 3.8) is 0 Å². The van der Waals surface area contributed by atoms with Gasteiger partial charge in [0.2, 0.25) is 5.91 Å². The minimum atomic E-state index is -4.19. The van der Waals surface area contributed by atoms with Crippen LogP contribution in [0.25, 0.3) is 0 Å². The van der Waals surface area contributed by atoms with Crippen molar-refractivity contribution in [2.45, 2.75) is 6.92 Å². The fraction of sp³-hybridized carbons (Fsp3) is 0.125. The number of carbonyl (C=O) groups excluding carboxylic acids is 1. The topological polar surface area (TPSA) is 83.5 Å². The smallest absolute Gasteiger partial charge is 0.325 e. The molecule has 0 atom stereocenters. The lowest BCUT2D eigenvalue weighted by molar-refractivity contribution is -0.114. The van der Waals surface area contributed by atoms with E-state index in [4.69, 9.17) is 24.6 Å². The molecular formula is C8H9Cl2NO4S. The van der Waals surface area contributed by atoms with Crippen molar-refractivity contribution in [3.8, 4) is 0 Å². The number of halogens is 2. The molecule has 1 aromatic carbocycles. The molecule has 5 nitrogen and oxygen atoms in total. The highest BCUT2D eigenvalue weighted by molar-refractivity contribution is 8.09. The van der Waals surface area contributed by atoms with E-state index >= 15 is 0 Å². The monoisotopic (exact) mass is 285 g/mol. The van der Waals surface area contributed by atoms with Gasteiger partial charge >= 0.3 is 9.33 Å². The van der Waals surface area contributed by atoms with Gasteiger partial charge in [-0.1, -0.05) is 23.7 Å². The molecule has 0 heterocycles. The molecule has 0 aliphatic rings. The summed E-state index contributed by atoms with van der Waals surface area (Å²) >= 11 is 5.75. The van der Waals surface area contributed by atoms with Crippen molar-refractivity contribution >= 4 is 43.2 Å². The fourth-order valence-electron chi connectivity index (χ4n) is 0.752. The Morgan fingerprint density at radius 2 is 1.81 bits per heavy atom. The summed E-state index contributed by atoms with van der Waals surface area (Å²) in [5.41, 5.74) is 0.654. The van der Waals surface area contributed by atoms with Gasteiger partial charge in [0.1, 0.15) is 0 Å². The van der Waals surface area contributed by atoms with Gasteiger partial charge in [0.15, 0.2) is 0 Å². The van der Waals surface area contributed by atoms with E-state index in [-0.39, 0.29) is 5.91 Å². The molecule has 0 radical (unpaired) electrons. The number of hydrogen-bond acceptors (Lipinski definition) is 3. The number of benzene rings is 1. The molecule has 0 saturated carbocycles. The fourth-order valence-corrected chi connectivity index (χ4v) is 0.935. The van der Waals surface area contributed by atoms with Gasteiger partial charge in [0, 0.05) is 17.6 Å². The Balaban J connectivity index is 0.000000385. The lowest BCUT2D eigenvalue weighted by Gasteiger charge is -2.02. The third-order valence-electron chi connectivity index (χ3n) is 1.18. The van der Waals surface area contributed by atoms with Crippen molar-refractivity contribution < 1.29 is 17.8 Å². The van der Waals surface area contributed by atoms with Crippen LogP contribution in [-0.4, -0.2) is 18.9 Å². The average Bonchev–Trinajstić information content (AvgIpc) is 2.05. The number of amides is 1. The number of para-hydroxylation sites is 1. The predicted molar refractivity (Wildman–Crippen MR) is 63.2 cm³/mol. The molecule has 0 aliphatic heterocycles. The largest absolute Gasteiger partial charge is 0.353 e. The van der Waals surface area contributed by atoms with Gasteiger partial charge in [0.05, 0.1) is 10.7 Å². The Bertz CT molecular complexity index is 453. The first-order valence-corrected chi connectivity index (χ1v) is 6.53. The number of anilines is 1. The summed E-state index contributed by atoms with van der Waals surface area (Å²) in [6.45, 7) is 1.45. The Morgan fingerprint density at radius 1 is 1.38 bits per heavy atom. The van der Waals surface area contributed by atoms with Gasteiger partial charge < -0.3 is 5.32 Å². The molecule has 0 unspecified atom stereocenters. The van der Waals surface area contributed by atoms with Crippen LogP contribution in [0.1, 0.15) is 6.92 Å². The van der Waals surface area contributed by atoms with E-state index in [0.717, 1.165) is 0 Å². The molecule has 16 heavy (non-hydrogen) atoms. The zero-order valence-electron chi connectivity index (χ0n) is 8.15. The Kier molecular flexibility index (Phi) is 6.35. The number of carbonyl (C=O) groups is 1. The predicted octanol–water partition coefficient (Wildman–Crippen LogP) is 2.33. The molecule has 0 spiro atoms. The summed E-state index contributed by atoms with van der Waals surface area (Å²) < 4.78 is 25.2. The zero-order valence-corrected chi connectivity index (χ0v) is 10.5. The van der Waals surface area contributed by atoms with Crippen molar-refractivity contribution in [3.05, 3.63) is 29.3 Å². The van der Waals surface area contributed by atoms with Crippen LogP contribution < -0.4 is 5.32 Å². The number of hydrogen-bond donors (Lipinski definition) is 2. The van der Waals surface area contributed by atoms with E-state index in [1.54, 1.807) is 12.1 Å². The van der Waals surface area contributed by atoms with Crippen molar-refractivity contribution in [1.82, 2.24) is 0 Å². The molecule has 0 fully saturated rings. The highest BCUT2D eigenvalue weighted by Gasteiger charge is 1.98. The van der Waals surface area contributed by atoms with Gasteiger partial charge in [-0.3, -0.25) is 9.35 Å². The van der Waals surface area contributed by atoms with E-state index < -0.39 is 9.33 Å².